The van der Waals surface area contributed by atoms with E-state index in [0.29, 0.717) is 13.0 Å². The number of carboxylic acids is 1. The van der Waals surface area contributed by atoms with Gasteiger partial charge in [0.25, 0.3) is 0 Å². The molecule has 1 atom stereocenters. The van der Waals surface area contributed by atoms with E-state index >= 15 is 0 Å². The molecule has 1 N–H and O–H groups in total. The highest BCUT2D eigenvalue weighted by atomic mass is 79.9. The minimum atomic E-state index is -0.709. The van der Waals surface area contributed by atoms with Crippen molar-refractivity contribution in [2.45, 2.75) is 19.9 Å². The minimum Gasteiger partial charge on any atom is -0.497 e. The molecule has 0 aromatic heterocycles. The van der Waals surface area contributed by atoms with Gasteiger partial charge in [-0.3, -0.25) is 9.69 Å². The van der Waals surface area contributed by atoms with Crippen LogP contribution in [-0.2, 0) is 11.3 Å². The van der Waals surface area contributed by atoms with Gasteiger partial charge in [-0.1, -0.05) is 15.9 Å². The number of likely N-dealkylation sites (tertiary alicyclic amines) is 1. The second-order valence-electron chi connectivity index (χ2n) is 5.28. The molecule has 1 fully saturated rings. The van der Waals surface area contributed by atoms with Crippen LogP contribution in [0.15, 0.2) is 22.7 Å². The lowest BCUT2D eigenvalue weighted by molar-refractivity contribution is -0.147. The molecule has 0 saturated carbocycles. The number of aliphatic carboxylic acids is 1. The van der Waals surface area contributed by atoms with E-state index in [9.17, 15) is 9.90 Å². The molecular weight excluding hydrogens is 310 g/mol. The van der Waals surface area contributed by atoms with Crippen molar-refractivity contribution in [3.8, 4) is 5.75 Å². The molecule has 1 heterocycles. The summed E-state index contributed by atoms with van der Waals surface area (Å²) in [6.07, 6.45) is 0.698. The molecule has 0 amide bonds. The molecule has 104 valence electrons. The number of carboxylic acid groups (broad SMARTS) is 1. The summed E-state index contributed by atoms with van der Waals surface area (Å²) in [7, 11) is 1.64. The first-order valence-corrected chi connectivity index (χ1v) is 7.02. The quantitative estimate of drug-likeness (QED) is 0.923. The van der Waals surface area contributed by atoms with Crippen molar-refractivity contribution in [3.05, 3.63) is 28.2 Å². The lowest BCUT2D eigenvalue weighted by atomic mass is 9.90. The van der Waals surface area contributed by atoms with E-state index in [2.05, 4.69) is 20.8 Å². The van der Waals surface area contributed by atoms with E-state index in [1.807, 2.05) is 25.1 Å². The van der Waals surface area contributed by atoms with Gasteiger partial charge >= 0.3 is 5.97 Å². The maximum atomic E-state index is 11.2. The van der Waals surface area contributed by atoms with Crippen molar-refractivity contribution in [1.29, 1.82) is 0 Å². The molecular formula is C14H18BrNO3. The Hall–Kier alpha value is -1.07. The van der Waals surface area contributed by atoms with Crippen LogP contribution >= 0.6 is 15.9 Å². The van der Waals surface area contributed by atoms with E-state index < -0.39 is 11.4 Å². The highest BCUT2D eigenvalue weighted by Crippen LogP contribution is 2.32. The largest absolute Gasteiger partial charge is 0.497 e. The van der Waals surface area contributed by atoms with E-state index in [4.69, 9.17) is 4.74 Å². The highest BCUT2D eigenvalue weighted by Gasteiger charge is 2.40. The molecule has 19 heavy (non-hydrogen) atoms. The van der Waals surface area contributed by atoms with Crippen molar-refractivity contribution < 1.29 is 14.6 Å². The molecule has 1 aromatic rings. The number of halogens is 1. The Morgan fingerprint density at radius 1 is 1.58 bits per heavy atom. The lowest BCUT2D eigenvalue weighted by Crippen LogP contribution is -2.31. The van der Waals surface area contributed by atoms with Gasteiger partial charge < -0.3 is 9.84 Å². The maximum Gasteiger partial charge on any atom is 0.310 e. The Bertz CT molecular complexity index is 492. The summed E-state index contributed by atoms with van der Waals surface area (Å²) in [6.45, 7) is 3.95. The Labute approximate surface area is 121 Å². The summed E-state index contributed by atoms with van der Waals surface area (Å²) in [5.41, 5.74) is 0.500. The number of methoxy groups -OCH3 is 1. The fourth-order valence-corrected chi connectivity index (χ4v) is 2.78. The van der Waals surface area contributed by atoms with Gasteiger partial charge in [-0.25, -0.2) is 0 Å². The van der Waals surface area contributed by atoms with Crippen molar-refractivity contribution >= 4 is 21.9 Å². The molecule has 0 bridgehead atoms. The van der Waals surface area contributed by atoms with Crippen LogP contribution in [0, 0.1) is 5.41 Å². The van der Waals surface area contributed by atoms with Crippen molar-refractivity contribution in [2.75, 3.05) is 20.2 Å². The number of ether oxygens (including phenoxy) is 1. The Morgan fingerprint density at radius 3 is 2.89 bits per heavy atom. The molecule has 1 aliphatic rings. The van der Waals surface area contributed by atoms with E-state index in [-0.39, 0.29) is 0 Å². The van der Waals surface area contributed by atoms with Crippen LogP contribution in [0.3, 0.4) is 0 Å². The maximum absolute atomic E-state index is 11.2. The van der Waals surface area contributed by atoms with Crippen LogP contribution in [0.2, 0.25) is 0 Å². The molecule has 1 aliphatic heterocycles. The molecule has 1 aromatic carbocycles. The Balaban J connectivity index is 2.09. The first-order chi connectivity index (χ1) is 8.94. The third-order valence-electron chi connectivity index (χ3n) is 3.72. The number of nitrogens with zero attached hydrogens (tertiary/aromatic N) is 1. The van der Waals surface area contributed by atoms with Gasteiger partial charge in [-0.2, -0.15) is 0 Å². The smallest absolute Gasteiger partial charge is 0.310 e. The SMILES string of the molecule is COc1ccc(Br)c(CN2CCC(C)(C(=O)O)C2)c1. The number of rotatable bonds is 4. The number of carbonyl (C=O) groups is 1. The van der Waals surface area contributed by atoms with Gasteiger partial charge in [-0.05, 0) is 43.7 Å². The van der Waals surface area contributed by atoms with Crippen LogP contribution in [0.4, 0.5) is 0 Å². The van der Waals surface area contributed by atoms with Gasteiger partial charge in [0.2, 0.25) is 0 Å². The Morgan fingerprint density at radius 2 is 2.32 bits per heavy atom. The lowest BCUT2D eigenvalue weighted by Gasteiger charge is -2.20. The number of benzene rings is 1. The zero-order valence-corrected chi connectivity index (χ0v) is 12.7. The molecule has 1 unspecified atom stereocenters. The second-order valence-corrected chi connectivity index (χ2v) is 6.14. The van der Waals surface area contributed by atoms with Gasteiger partial charge in [0.05, 0.1) is 12.5 Å². The standard InChI is InChI=1S/C14H18BrNO3/c1-14(13(17)18)5-6-16(9-14)8-10-7-11(19-2)3-4-12(10)15/h3-4,7H,5-6,8-9H2,1-2H3,(H,17,18). The first-order valence-electron chi connectivity index (χ1n) is 6.23. The zero-order valence-electron chi connectivity index (χ0n) is 11.1. The van der Waals surface area contributed by atoms with Crippen LogP contribution < -0.4 is 4.74 Å². The third-order valence-corrected chi connectivity index (χ3v) is 4.49. The zero-order chi connectivity index (χ0) is 14.0. The number of hydrogen-bond acceptors (Lipinski definition) is 3. The molecule has 2 rings (SSSR count). The average Bonchev–Trinajstić information content (AvgIpc) is 2.75. The first kappa shape index (κ1) is 14.3. The predicted molar refractivity (Wildman–Crippen MR) is 76.3 cm³/mol. The summed E-state index contributed by atoms with van der Waals surface area (Å²) in [4.78, 5) is 13.4. The Kier molecular flexibility index (Phi) is 4.16. The van der Waals surface area contributed by atoms with Gasteiger partial charge in [-0.15, -0.1) is 0 Å². The monoisotopic (exact) mass is 327 g/mol. The van der Waals surface area contributed by atoms with E-state index in [1.165, 1.54) is 0 Å². The molecule has 5 heteroatoms. The van der Waals surface area contributed by atoms with Crippen molar-refractivity contribution in [3.63, 3.8) is 0 Å². The summed E-state index contributed by atoms with van der Waals surface area (Å²) in [6, 6.07) is 5.85. The molecule has 0 radical (unpaired) electrons. The van der Waals surface area contributed by atoms with Crippen LogP contribution in [-0.4, -0.2) is 36.2 Å². The van der Waals surface area contributed by atoms with Crippen LogP contribution in [0.25, 0.3) is 0 Å². The van der Waals surface area contributed by atoms with Crippen molar-refractivity contribution in [1.82, 2.24) is 4.90 Å². The second kappa shape index (κ2) is 5.51. The average molecular weight is 328 g/mol. The minimum absolute atomic E-state index is 0.589. The van der Waals surface area contributed by atoms with Gasteiger partial charge in [0, 0.05) is 17.6 Å². The molecule has 0 aliphatic carbocycles. The molecule has 4 nitrogen and oxygen atoms in total. The van der Waals surface area contributed by atoms with Gasteiger partial charge in [0.1, 0.15) is 5.75 Å². The summed E-state index contributed by atoms with van der Waals surface area (Å²) >= 11 is 3.53. The fraction of sp³-hybridized carbons (Fsp3) is 0.500. The predicted octanol–water partition coefficient (Wildman–Crippen LogP) is 2.75. The molecule has 0 spiro atoms. The van der Waals surface area contributed by atoms with Crippen molar-refractivity contribution in [2.24, 2.45) is 5.41 Å². The summed E-state index contributed by atoms with van der Waals surface area (Å²) in [5.74, 6) is 0.109. The van der Waals surface area contributed by atoms with E-state index in [0.717, 1.165) is 28.9 Å². The van der Waals surface area contributed by atoms with Crippen LogP contribution in [0.1, 0.15) is 18.9 Å². The number of hydrogen-bond donors (Lipinski definition) is 1. The van der Waals surface area contributed by atoms with Gasteiger partial charge in [0.15, 0.2) is 0 Å². The summed E-state index contributed by atoms with van der Waals surface area (Å²) < 4.78 is 6.25. The molecule has 1 saturated heterocycles. The fourth-order valence-electron chi connectivity index (χ4n) is 2.41. The highest BCUT2D eigenvalue weighted by molar-refractivity contribution is 9.10. The van der Waals surface area contributed by atoms with Crippen LogP contribution in [0.5, 0.6) is 5.75 Å². The topological polar surface area (TPSA) is 49.8 Å². The normalized spacial score (nSPS) is 23.5. The summed E-state index contributed by atoms with van der Waals surface area (Å²) in [5, 5.41) is 9.24. The van der Waals surface area contributed by atoms with E-state index in [1.54, 1.807) is 7.11 Å². The third kappa shape index (κ3) is 3.09.